The van der Waals surface area contributed by atoms with Crippen molar-refractivity contribution in [3.05, 3.63) is 10.4 Å². The summed E-state index contributed by atoms with van der Waals surface area (Å²) in [5.74, 6) is 0.502. The lowest BCUT2D eigenvalue weighted by molar-refractivity contribution is -0.0145. The minimum atomic E-state index is -0.941. The summed E-state index contributed by atoms with van der Waals surface area (Å²) < 4.78 is 27.0. The van der Waals surface area contributed by atoms with Gasteiger partial charge in [-0.15, -0.1) is 0 Å². The van der Waals surface area contributed by atoms with Crippen LogP contribution in [0.1, 0.15) is 25.7 Å². The van der Waals surface area contributed by atoms with E-state index in [1.54, 1.807) is 0 Å². The van der Waals surface area contributed by atoms with E-state index in [-0.39, 0.29) is 6.04 Å². The molecule has 1 rings (SSSR count). The van der Waals surface area contributed by atoms with E-state index in [9.17, 15) is 4.79 Å². The minimum absolute atomic E-state index is 0.0844. The lowest BCUT2D eigenvalue weighted by Crippen LogP contribution is -2.37. The molecule has 0 unspecified atom stereocenters. The Kier molecular flexibility index (Phi) is 16.1. The highest BCUT2D eigenvalue weighted by molar-refractivity contribution is 5.64. The predicted octanol–water partition coefficient (Wildman–Crippen LogP) is 2.21. The van der Waals surface area contributed by atoms with Crippen LogP contribution in [0, 0.1) is 5.92 Å². The fourth-order valence-corrected chi connectivity index (χ4v) is 2.93. The number of nitrogens with one attached hydrogen (secondary N) is 1. The van der Waals surface area contributed by atoms with Crippen LogP contribution in [-0.4, -0.2) is 89.9 Å². The van der Waals surface area contributed by atoms with Gasteiger partial charge in [0, 0.05) is 24.1 Å². The average Bonchev–Trinajstić information content (AvgIpc) is 2.71. The first-order valence-corrected chi connectivity index (χ1v) is 10.1. The third-order valence-electron chi connectivity index (χ3n) is 4.41. The molecule has 0 bridgehead atoms. The quantitative estimate of drug-likeness (QED) is 0.150. The zero-order valence-electron chi connectivity index (χ0n) is 17.0. The number of rotatable bonds is 18. The maximum Gasteiger partial charge on any atom is 0.404 e. The van der Waals surface area contributed by atoms with Gasteiger partial charge in [0.15, 0.2) is 0 Å². The SMILES string of the molecule is [N-]=[N+]=NCCOCCOCCOCCOCCOCC1CCC(NC(=O)O)CC1. The van der Waals surface area contributed by atoms with E-state index in [0.717, 1.165) is 25.7 Å². The Labute approximate surface area is 171 Å². The molecule has 168 valence electrons. The molecule has 0 spiro atoms. The molecule has 0 aliphatic heterocycles. The fraction of sp³-hybridized carbons (Fsp3) is 0.944. The first-order chi connectivity index (χ1) is 14.2. The van der Waals surface area contributed by atoms with E-state index in [0.29, 0.717) is 78.5 Å². The van der Waals surface area contributed by atoms with Crippen molar-refractivity contribution in [2.24, 2.45) is 11.0 Å². The average molecular weight is 418 g/mol. The number of carboxylic acid groups (broad SMARTS) is 1. The second-order valence-electron chi connectivity index (χ2n) is 6.65. The topological polar surface area (TPSA) is 144 Å². The number of hydrogen-bond donors (Lipinski definition) is 2. The Morgan fingerprint density at radius 3 is 1.83 bits per heavy atom. The number of hydrogen-bond acceptors (Lipinski definition) is 7. The van der Waals surface area contributed by atoms with Gasteiger partial charge in [0.05, 0.1) is 59.5 Å². The number of ether oxygens (including phenoxy) is 5. The van der Waals surface area contributed by atoms with Crippen LogP contribution in [0.5, 0.6) is 0 Å². The summed E-state index contributed by atoms with van der Waals surface area (Å²) in [7, 11) is 0. The number of azide groups is 1. The fourth-order valence-electron chi connectivity index (χ4n) is 2.93. The van der Waals surface area contributed by atoms with Gasteiger partial charge in [-0.25, -0.2) is 4.79 Å². The molecule has 29 heavy (non-hydrogen) atoms. The molecular formula is C18H34N4O7. The van der Waals surface area contributed by atoms with Crippen molar-refractivity contribution < 1.29 is 33.6 Å². The second kappa shape index (κ2) is 18.4. The second-order valence-corrected chi connectivity index (χ2v) is 6.65. The normalized spacial score (nSPS) is 18.9. The predicted molar refractivity (Wildman–Crippen MR) is 105 cm³/mol. The first kappa shape index (κ1) is 25.4. The van der Waals surface area contributed by atoms with Crippen LogP contribution in [0.2, 0.25) is 0 Å². The van der Waals surface area contributed by atoms with Gasteiger partial charge < -0.3 is 34.1 Å². The van der Waals surface area contributed by atoms with Crippen LogP contribution in [0.3, 0.4) is 0 Å². The van der Waals surface area contributed by atoms with Crippen molar-refractivity contribution in [2.45, 2.75) is 31.7 Å². The molecule has 11 nitrogen and oxygen atoms in total. The van der Waals surface area contributed by atoms with E-state index >= 15 is 0 Å². The van der Waals surface area contributed by atoms with Crippen molar-refractivity contribution >= 4 is 6.09 Å². The molecular weight excluding hydrogens is 384 g/mol. The highest BCUT2D eigenvalue weighted by Gasteiger charge is 2.22. The molecule has 0 saturated heterocycles. The molecule has 0 radical (unpaired) electrons. The lowest BCUT2D eigenvalue weighted by atomic mass is 9.86. The molecule has 11 heteroatoms. The highest BCUT2D eigenvalue weighted by Crippen LogP contribution is 2.24. The summed E-state index contributed by atoms with van der Waals surface area (Å²) in [4.78, 5) is 13.2. The van der Waals surface area contributed by atoms with Gasteiger partial charge in [-0.2, -0.15) is 0 Å². The molecule has 1 saturated carbocycles. The third-order valence-corrected chi connectivity index (χ3v) is 4.41. The van der Waals surface area contributed by atoms with Crippen LogP contribution in [0.4, 0.5) is 4.79 Å². The van der Waals surface area contributed by atoms with Crippen molar-refractivity contribution in [3.63, 3.8) is 0 Å². The Bertz CT molecular complexity index is 455. The Hall–Kier alpha value is -1.62. The molecule has 0 aromatic carbocycles. The maximum atomic E-state index is 10.6. The summed E-state index contributed by atoms with van der Waals surface area (Å²) in [6.07, 6.45) is 2.79. The Balaban J connectivity index is 1.74. The largest absolute Gasteiger partial charge is 0.465 e. The zero-order valence-corrected chi connectivity index (χ0v) is 17.0. The van der Waals surface area contributed by atoms with Crippen LogP contribution in [0.15, 0.2) is 5.11 Å². The summed E-state index contributed by atoms with van der Waals surface area (Å²) >= 11 is 0. The molecule has 2 N–H and O–H groups in total. The smallest absolute Gasteiger partial charge is 0.404 e. The van der Waals surface area contributed by atoms with Gasteiger partial charge in [0.1, 0.15) is 0 Å². The molecule has 1 aliphatic carbocycles. The molecule has 1 amide bonds. The van der Waals surface area contributed by atoms with Crippen molar-refractivity contribution in [2.75, 3.05) is 72.6 Å². The molecule has 1 aliphatic rings. The van der Waals surface area contributed by atoms with Crippen molar-refractivity contribution in [1.82, 2.24) is 5.32 Å². The number of nitrogens with zero attached hydrogens (tertiary/aromatic N) is 3. The maximum absolute atomic E-state index is 10.6. The molecule has 0 atom stereocenters. The van der Waals surface area contributed by atoms with Gasteiger partial charge in [0.2, 0.25) is 0 Å². The van der Waals surface area contributed by atoms with E-state index in [1.165, 1.54) is 0 Å². The summed E-state index contributed by atoms with van der Waals surface area (Å²) in [5.41, 5.74) is 8.09. The van der Waals surface area contributed by atoms with Gasteiger partial charge in [-0.1, -0.05) is 5.11 Å². The van der Waals surface area contributed by atoms with Crippen LogP contribution >= 0.6 is 0 Å². The van der Waals surface area contributed by atoms with Gasteiger partial charge in [-0.05, 0) is 37.1 Å². The molecule has 0 aromatic heterocycles. The minimum Gasteiger partial charge on any atom is -0.465 e. The van der Waals surface area contributed by atoms with E-state index < -0.39 is 6.09 Å². The van der Waals surface area contributed by atoms with Crippen LogP contribution in [0.25, 0.3) is 10.4 Å². The summed E-state index contributed by atoms with van der Waals surface area (Å²) in [5, 5.41) is 14.6. The molecule has 1 fully saturated rings. The molecule has 0 heterocycles. The Morgan fingerprint density at radius 1 is 0.862 bits per heavy atom. The van der Waals surface area contributed by atoms with Crippen molar-refractivity contribution in [1.29, 1.82) is 0 Å². The molecule has 0 aromatic rings. The zero-order chi connectivity index (χ0) is 21.0. The summed E-state index contributed by atoms with van der Waals surface area (Å²) in [6.45, 7) is 5.46. The standard InChI is InChI=1S/C18H34N4O7/c19-22-20-5-6-25-7-8-26-9-10-27-11-12-28-13-14-29-15-16-1-3-17(4-2-16)21-18(23)24/h16-17,21H,1-15H2,(H,23,24). The van der Waals surface area contributed by atoms with Gasteiger partial charge in [0.25, 0.3) is 0 Å². The first-order valence-electron chi connectivity index (χ1n) is 10.1. The van der Waals surface area contributed by atoms with Crippen LogP contribution < -0.4 is 5.32 Å². The highest BCUT2D eigenvalue weighted by atomic mass is 16.6. The van der Waals surface area contributed by atoms with Crippen LogP contribution in [-0.2, 0) is 23.7 Å². The monoisotopic (exact) mass is 418 g/mol. The third kappa shape index (κ3) is 15.9. The van der Waals surface area contributed by atoms with Gasteiger partial charge in [-0.3, -0.25) is 0 Å². The van der Waals surface area contributed by atoms with Crippen molar-refractivity contribution in [3.8, 4) is 0 Å². The number of carbonyl (C=O) groups is 1. The summed E-state index contributed by atoms with van der Waals surface area (Å²) in [6, 6.07) is 0.0844. The number of amides is 1. The van der Waals surface area contributed by atoms with E-state index in [1.807, 2.05) is 0 Å². The van der Waals surface area contributed by atoms with Gasteiger partial charge >= 0.3 is 6.09 Å². The van der Waals surface area contributed by atoms with E-state index in [4.69, 9.17) is 34.3 Å². The van der Waals surface area contributed by atoms with E-state index in [2.05, 4.69) is 15.3 Å². The Morgan fingerprint density at radius 2 is 1.34 bits per heavy atom. The lowest BCUT2D eigenvalue weighted by Gasteiger charge is -2.28.